The van der Waals surface area contributed by atoms with Gasteiger partial charge in [0.05, 0.1) is 0 Å². The van der Waals surface area contributed by atoms with Crippen molar-refractivity contribution in [3.05, 3.63) is 34.3 Å². The molecule has 0 bridgehead atoms. The van der Waals surface area contributed by atoms with E-state index in [-0.39, 0.29) is 0 Å². The largest absolute Gasteiger partial charge is 0.316 e. The fourth-order valence-electron chi connectivity index (χ4n) is 2.08. The van der Waals surface area contributed by atoms with E-state index >= 15 is 0 Å². The summed E-state index contributed by atoms with van der Waals surface area (Å²) in [6, 6.07) is 8.79. The molecule has 17 heavy (non-hydrogen) atoms. The molecule has 0 aromatic heterocycles. The van der Waals surface area contributed by atoms with Crippen LogP contribution >= 0.6 is 15.9 Å². The number of rotatable bonds is 8. The smallest absolute Gasteiger partial charge is 0.0175 e. The SMILES string of the molecule is CCCCCC(CNCC)c1ccc(Br)cc1. The molecule has 0 aliphatic rings. The van der Waals surface area contributed by atoms with E-state index in [4.69, 9.17) is 0 Å². The Balaban J connectivity index is 2.57. The molecule has 0 saturated heterocycles. The molecule has 0 fully saturated rings. The molecule has 0 spiro atoms. The van der Waals surface area contributed by atoms with Crippen LogP contribution in [-0.2, 0) is 0 Å². The van der Waals surface area contributed by atoms with Gasteiger partial charge >= 0.3 is 0 Å². The predicted molar refractivity (Wildman–Crippen MR) is 79.6 cm³/mol. The van der Waals surface area contributed by atoms with Crippen molar-refractivity contribution < 1.29 is 0 Å². The van der Waals surface area contributed by atoms with Crippen LogP contribution in [0.5, 0.6) is 0 Å². The number of likely N-dealkylation sites (N-methyl/N-ethyl adjacent to an activating group) is 1. The van der Waals surface area contributed by atoms with Crippen molar-refractivity contribution in [3.8, 4) is 0 Å². The van der Waals surface area contributed by atoms with E-state index in [1.807, 2.05) is 0 Å². The molecule has 1 aromatic carbocycles. The van der Waals surface area contributed by atoms with Crippen molar-refractivity contribution in [1.82, 2.24) is 5.32 Å². The normalized spacial score (nSPS) is 12.6. The average molecular weight is 298 g/mol. The van der Waals surface area contributed by atoms with Gasteiger partial charge in [0.2, 0.25) is 0 Å². The van der Waals surface area contributed by atoms with Gasteiger partial charge in [0, 0.05) is 11.0 Å². The van der Waals surface area contributed by atoms with Gasteiger partial charge in [-0.05, 0) is 36.6 Å². The molecular weight excluding hydrogens is 274 g/mol. The second-order valence-electron chi connectivity index (χ2n) is 4.55. The van der Waals surface area contributed by atoms with Crippen LogP contribution in [0.25, 0.3) is 0 Å². The summed E-state index contributed by atoms with van der Waals surface area (Å²) in [6.45, 7) is 6.59. The van der Waals surface area contributed by atoms with Crippen LogP contribution in [0.1, 0.15) is 51.0 Å². The number of halogens is 1. The van der Waals surface area contributed by atoms with E-state index in [1.165, 1.54) is 31.2 Å². The van der Waals surface area contributed by atoms with E-state index < -0.39 is 0 Å². The Bertz CT molecular complexity index is 294. The van der Waals surface area contributed by atoms with Gasteiger partial charge in [-0.3, -0.25) is 0 Å². The second kappa shape index (κ2) is 8.71. The number of unbranched alkanes of at least 4 members (excludes halogenated alkanes) is 2. The van der Waals surface area contributed by atoms with Crippen LogP contribution in [0.4, 0.5) is 0 Å². The molecule has 0 aliphatic heterocycles. The van der Waals surface area contributed by atoms with Crippen molar-refractivity contribution >= 4 is 15.9 Å². The van der Waals surface area contributed by atoms with E-state index in [9.17, 15) is 0 Å². The highest BCUT2D eigenvalue weighted by atomic mass is 79.9. The number of benzene rings is 1. The first-order valence-corrected chi connectivity index (χ1v) is 7.53. The zero-order valence-corrected chi connectivity index (χ0v) is 12.6. The maximum Gasteiger partial charge on any atom is 0.0175 e. The minimum atomic E-state index is 0.662. The highest BCUT2D eigenvalue weighted by molar-refractivity contribution is 9.10. The average Bonchev–Trinajstić information content (AvgIpc) is 2.35. The van der Waals surface area contributed by atoms with E-state index in [0.717, 1.165) is 17.6 Å². The summed E-state index contributed by atoms with van der Waals surface area (Å²) in [5, 5.41) is 3.48. The fourth-order valence-corrected chi connectivity index (χ4v) is 2.35. The maximum absolute atomic E-state index is 3.50. The predicted octanol–water partition coefficient (Wildman–Crippen LogP) is 4.72. The Morgan fingerprint density at radius 1 is 1.12 bits per heavy atom. The Kier molecular flexibility index (Phi) is 7.54. The Labute approximate surface area is 114 Å². The third-order valence-electron chi connectivity index (χ3n) is 3.14. The summed E-state index contributed by atoms with van der Waals surface area (Å²) in [5.74, 6) is 0.662. The van der Waals surface area contributed by atoms with Gasteiger partial charge in [0.15, 0.2) is 0 Å². The van der Waals surface area contributed by atoms with Gasteiger partial charge in [-0.25, -0.2) is 0 Å². The van der Waals surface area contributed by atoms with E-state index in [2.05, 4.69) is 59.4 Å². The number of hydrogen-bond donors (Lipinski definition) is 1. The number of hydrogen-bond acceptors (Lipinski definition) is 1. The molecule has 0 heterocycles. The summed E-state index contributed by atoms with van der Waals surface area (Å²) in [6.07, 6.45) is 5.28. The quantitative estimate of drug-likeness (QED) is 0.685. The molecule has 1 rings (SSSR count). The topological polar surface area (TPSA) is 12.0 Å². The molecule has 0 radical (unpaired) electrons. The lowest BCUT2D eigenvalue weighted by Crippen LogP contribution is -2.21. The Morgan fingerprint density at radius 3 is 2.41 bits per heavy atom. The lowest BCUT2D eigenvalue weighted by atomic mass is 9.93. The third kappa shape index (κ3) is 5.69. The maximum atomic E-state index is 3.50. The van der Waals surface area contributed by atoms with Gasteiger partial charge < -0.3 is 5.32 Å². The van der Waals surface area contributed by atoms with Gasteiger partial charge in [0.1, 0.15) is 0 Å². The first-order chi connectivity index (χ1) is 8.27. The molecule has 1 aromatic rings. The van der Waals surface area contributed by atoms with Crippen LogP contribution in [0, 0.1) is 0 Å². The lowest BCUT2D eigenvalue weighted by molar-refractivity contribution is 0.528. The lowest BCUT2D eigenvalue weighted by Gasteiger charge is -2.17. The van der Waals surface area contributed by atoms with Gasteiger partial charge in [-0.1, -0.05) is 61.2 Å². The summed E-state index contributed by atoms with van der Waals surface area (Å²) in [7, 11) is 0. The molecule has 0 aliphatic carbocycles. The molecule has 0 saturated carbocycles. The molecule has 1 unspecified atom stereocenters. The fraction of sp³-hybridized carbons (Fsp3) is 0.600. The third-order valence-corrected chi connectivity index (χ3v) is 3.67. The van der Waals surface area contributed by atoms with Crippen LogP contribution in [0.15, 0.2) is 28.7 Å². The van der Waals surface area contributed by atoms with Crippen molar-refractivity contribution in [2.24, 2.45) is 0 Å². The first kappa shape index (κ1) is 14.7. The van der Waals surface area contributed by atoms with Crippen LogP contribution in [0.2, 0.25) is 0 Å². The minimum Gasteiger partial charge on any atom is -0.316 e. The van der Waals surface area contributed by atoms with Crippen molar-refractivity contribution in [2.45, 2.75) is 45.4 Å². The minimum absolute atomic E-state index is 0.662. The zero-order valence-electron chi connectivity index (χ0n) is 11.0. The van der Waals surface area contributed by atoms with Crippen LogP contribution < -0.4 is 5.32 Å². The molecular formula is C15H24BrN. The molecule has 1 nitrogen and oxygen atoms in total. The molecule has 96 valence electrons. The second-order valence-corrected chi connectivity index (χ2v) is 5.47. The summed E-state index contributed by atoms with van der Waals surface area (Å²) >= 11 is 3.50. The zero-order chi connectivity index (χ0) is 12.5. The summed E-state index contributed by atoms with van der Waals surface area (Å²) in [4.78, 5) is 0. The summed E-state index contributed by atoms with van der Waals surface area (Å²) < 4.78 is 1.16. The highest BCUT2D eigenvalue weighted by Gasteiger charge is 2.10. The standard InChI is InChI=1S/C15H24BrN/c1-3-5-6-7-14(12-17-4-2)13-8-10-15(16)11-9-13/h8-11,14,17H,3-7,12H2,1-2H3. The molecule has 1 N–H and O–H groups in total. The summed E-state index contributed by atoms with van der Waals surface area (Å²) in [5.41, 5.74) is 1.46. The van der Waals surface area contributed by atoms with Gasteiger partial charge in [0.25, 0.3) is 0 Å². The molecule has 0 amide bonds. The van der Waals surface area contributed by atoms with Crippen LogP contribution in [0.3, 0.4) is 0 Å². The van der Waals surface area contributed by atoms with Gasteiger partial charge in [-0.2, -0.15) is 0 Å². The Morgan fingerprint density at radius 2 is 1.82 bits per heavy atom. The van der Waals surface area contributed by atoms with Crippen molar-refractivity contribution in [3.63, 3.8) is 0 Å². The van der Waals surface area contributed by atoms with E-state index in [1.54, 1.807) is 0 Å². The van der Waals surface area contributed by atoms with E-state index in [0.29, 0.717) is 5.92 Å². The van der Waals surface area contributed by atoms with Crippen molar-refractivity contribution in [1.29, 1.82) is 0 Å². The van der Waals surface area contributed by atoms with Crippen LogP contribution in [-0.4, -0.2) is 13.1 Å². The van der Waals surface area contributed by atoms with Gasteiger partial charge in [-0.15, -0.1) is 0 Å². The molecule has 2 heteroatoms. The highest BCUT2D eigenvalue weighted by Crippen LogP contribution is 2.23. The van der Waals surface area contributed by atoms with Crippen molar-refractivity contribution in [2.75, 3.05) is 13.1 Å². The molecule has 1 atom stereocenters. The number of nitrogens with one attached hydrogen (secondary N) is 1. The monoisotopic (exact) mass is 297 g/mol. The Hall–Kier alpha value is -0.340. The first-order valence-electron chi connectivity index (χ1n) is 6.74.